The maximum Gasteiger partial charge on any atom is 0.250 e. The van der Waals surface area contributed by atoms with E-state index in [0.29, 0.717) is 28.8 Å². The number of benzene rings is 2. The molecule has 1 fully saturated rings. The van der Waals surface area contributed by atoms with Crippen molar-refractivity contribution in [3.05, 3.63) is 64.1 Å². The molecule has 1 heterocycles. The monoisotopic (exact) mass is 476 g/mol. The van der Waals surface area contributed by atoms with Gasteiger partial charge in [-0.15, -0.1) is 0 Å². The van der Waals surface area contributed by atoms with E-state index in [1.54, 1.807) is 31.2 Å². The highest BCUT2D eigenvalue weighted by molar-refractivity contribution is 7.80. The fraction of sp³-hybridized carbons (Fsp3) is 0.227. The molecule has 0 unspecified atom stereocenters. The third-order valence-corrected chi connectivity index (χ3v) is 5.56. The topological polar surface area (TPSA) is 64.7 Å². The average Bonchev–Trinajstić information content (AvgIpc) is 2.73. The van der Waals surface area contributed by atoms with E-state index in [-0.39, 0.29) is 16.9 Å². The molecule has 2 amide bonds. The van der Waals surface area contributed by atoms with Crippen LogP contribution in [0.25, 0.3) is 6.08 Å². The van der Waals surface area contributed by atoms with Gasteiger partial charge in [0.25, 0.3) is 0 Å². The van der Waals surface area contributed by atoms with E-state index < -0.39 is 0 Å². The van der Waals surface area contributed by atoms with E-state index in [0.717, 1.165) is 24.3 Å². The molecule has 0 aliphatic carbocycles. The molecule has 0 bridgehead atoms. The normalized spacial score (nSPS) is 13.9. The van der Waals surface area contributed by atoms with Gasteiger partial charge in [-0.1, -0.05) is 35.3 Å². The Bertz CT molecular complexity index is 1000. The minimum absolute atomic E-state index is 0.0869. The van der Waals surface area contributed by atoms with Gasteiger partial charge in [0.05, 0.1) is 10.7 Å². The van der Waals surface area contributed by atoms with Crippen molar-refractivity contribution in [1.82, 2.24) is 10.2 Å². The van der Waals surface area contributed by atoms with E-state index in [9.17, 15) is 9.59 Å². The Morgan fingerprint density at radius 1 is 1.03 bits per heavy atom. The lowest BCUT2D eigenvalue weighted by Crippen LogP contribution is -2.48. The van der Waals surface area contributed by atoms with Crippen LogP contribution in [-0.2, 0) is 9.59 Å². The van der Waals surface area contributed by atoms with Crippen molar-refractivity contribution in [1.29, 1.82) is 0 Å². The Kier molecular flexibility index (Phi) is 7.90. The van der Waals surface area contributed by atoms with E-state index in [1.165, 1.54) is 6.08 Å². The van der Waals surface area contributed by atoms with Gasteiger partial charge in [0, 0.05) is 49.9 Å². The molecule has 0 spiro atoms. The number of rotatable bonds is 4. The molecule has 1 saturated heterocycles. The number of carbonyl (C=O) groups excluding carboxylic acids is 2. The first kappa shape index (κ1) is 23.1. The summed E-state index contributed by atoms with van der Waals surface area (Å²) in [5.41, 5.74) is 2.42. The number of thiocarbonyl (C=S) groups is 1. The van der Waals surface area contributed by atoms with Crippen LogP contribution in [0.4, 0.5) is 11.4 Å². The van der Waals surface area contributed by atoms with Gasteiger partial charge in [0.1, 0.15) is 0 Å². The predicted molar refractivity (Wildman–Crippen MR) is 131 cm³/mol. The average molecular weight is 477 g/mol. The molecule has 3 rings (SSSR count). The van der Waals surface area contributed by atoms with Gasteiger partial charge in [0.15, 0.2) is 5.11 Å². The van der Waals surface area contributed by atoms with Crippen molar-refractivity contribution in [2.45, 2.75) is 6.92 Å². The molecule has 1 aliphatic heterocycles. The van der Waals surface area contributed by atoms with Gasteiger partial charge in [0.2, 0.25) is 11.8 Å². The highest BCUT2D eigenvalue weighted by Gasteiger charge is 2.20. The summed E-state index contributed by atoms with van der Waals surface area (Å²) in [5, 5.41) is 6.94. The number of halogens is 2. The zero-order chi connectivity index (χ0) is 22.4. The number of hydrogen-bond donors (Lipinski definition) is 2. The number of amides is 2. The Morgan fingerprint density at radius 3 is 2.32 bits per heavy atom. The molecule has 31 heavy (non-hydrogen) atoms. The Morgan fingerprint density at radius 2 is 1.71 bits per heavy atom. The van der Waals surface area contributed by atoms with Crippen LogP contribution < -0.4 is 15.5 Å². The van der Waals surface area contributed by atoms with Crippen LogP contribution in [0, 0.1) is 0 Å². The maximum atomic E-state index is 12.1. The van der Waals surface area contributed by atoms with E-state index >= 15 is 0 Å². The molecule has 0 saturated carbocycles. The second-order valence-corrected chi connectivity index (χ2v) is 8.24. The minimum atomic E-state index is -0.349. The van der Waals surface area contributed by atoms with Crippen molar-refractivity contribution in [2.24, 2.45) is 0 Å². The van der Waals surface area contributed by atoms with Crippen LogP contribution >= 0.6 is 35.4 Å². The number of hydrogen-bond acceptors (Lipinski definition) is 4. The summed E-state index contributed by atoms with van der Waals surface area (Å²) in [6.07, 6.45) is 3.07. The van der Waals surface area contributed by atoms with Crippen molar-refractivity contribution in [3.63, 3.8) is 0 Å². The summed E-state index contributed by atoms with van der Waals surface area (Å²) in [6, 6.07) is 12.6. The first-order chi connectivity index (χ1) is 14.8. The van der Waals surface area contributed by atoms with E-state index in [4.69, 9.17) is 35.4 Å². The molecule has 0 radical (unpaired) electrons. The number of nitrogens with zero attached hydrogens (tertiary/aromatic N) is 2. The highest BCUT2D eigenvalue weighted by Crippen LogP contribution is 2.29. The molecular weight excluding hydrogens is 455 g/mol. The van der Waals surface area contributed by atoms with Gasteiger partial charge in [-0.3, -0.25) is 14.9 Å². The highest BCUT2D eigenvalue weighted by atomic mass is 35.5. The molecule has 9 heteroatoms. The fourth-order valence-corrected chi connectivity index (χ4v) is 3.81. The number of anilines is 2. The van der Waals surface area contributed by atoms with Gasteiger partial charge >= 0.3 is 0 Å². The summed E-state index contributed by atoms with van der Waals surface area (Å²) >= 11 is 17.5. The predicted octanol–water partition coefficient (Wildman–Crippen LogP) is 4.19. The van der Waals surface area contributed by atoms with Crippen molar-refractivity contribution in [3.8, 4) is 0 Å². The summed E-state index contributed by atoms with van der Waals surface area (Å²) in [5.74, 6) is -0.262. The van der Waals surface area contributed by atoms with Crippen LogP contribution in [0.5, 0.6) is 0 Å². The number of carbonyl (C=O) groups is 2. The van der Waals surface area contributed by atoms with Gasteiger partial charge in [-0.05, 0) is 54.2 Å². The maximum absolute atomic E-state index is 12.1. The van der Waals surface area contributed by atoms with Crippen molar-refractivity contribution < 1.29 is 9.59 Å². The smallest absolute Gasteiger partial charge is 0.250 e. The molecule has 2 aromatic carbocycles. The lowest BCUT2D eigenvalue weighted by Gasteiger charge is -2.36. The first-order valence-corrected chi connectivity index (χ1v) is 10.8. The number of piperazine rings is 1. The van der Waals surface area contributed by atoms with Gasteiger partial charge in [-0.2, -0.15) is 0 Å². The molecule has 2 aromatic rings. The summed E-state index contributed by atoms with van der Waals surface area (Å²) in [4.78, 5) is 27.5. The second kappa shape index (κ2) is 10.6. The zero-order valence-electron chi connectivity index (χ0n) is 16.9. The van der Waals surface area contributed by atoms with Gasteiger partial charge in [-0.25, -0.2) is 0 Å². The molecule has 6 nitrogen and oxygen atoms in total. The Labute approximate surface area is 196 Å². The zero-order valence-corrected chi connectivity index (χ0v) is 19.2. The van der Waals surface area contributed by atoms with Gasteiger partial charge < -0.3 is 15.1 Å². The van der Waals surface area contributed by atoms with Crippen LogP contribution in [-0.4, -0.2) is 48.0 Å². The quantitative estimate of drug-likeness (QED) is 0.511. The van der Waals surface area contributed by atoms with Crippen molar-refractivity contribution >= 4 is 69.8 Å². The number of nitrogens with one attached hydrogen (secondary N) is 2. The Balaban J connectivity index is 1.53. The molecule has 2 N–H and O–H groups in total. The summed E-state index contributed by atoms with van der Waals surface area (Å²) in [7, 11) is 0. The fourth-order valence-electron chi connectivity index (χ4n) is 3.17. The molecule has 162 valence electrons. The molecule has 1 aliphatic rings. The SMILES string of the molecule is CC(=O)N1CCN(c2ccc(NC(=S)NC(=O)/C=C/c3ccc(Cl)cc3)cc2Cl)CC1. The molecule has 0 aromatic heterocycles. The Hall–Kier alpha value is -2.61. The van der Waals surface area contributed by atoms with E-state index in [1.807, 2.05) is 29.2 Å². The van der Waals surface area contributed by atoms with E-state index in [2.05, 4.69) is 15.5 Å². The third kappa shape index (κ3) is 6.69. The molecule has 0 atom stereocenters. The van der Waals surface area contributed by atoms with Crippen molar-refractivity contribution in [2.75, 3.05) is 36.4 Å². The third-order valence-electron chi connectivity index (χ3n) is 4.81. The summed E-state index contributed by atoms with van der Waals surface area (Å²) in [6.45, 7) is 4.37. The van der Waals surface area contributed by atoms with Crippen LogP contribution in [0.3, 0.4) is 0 Å². The first-order valence-electron chi connectivity index (χ1n) is 9.67. The minimum Gasteiger partial charge on any atom is -0.367 e. The largest absolute Gasteiger partial charge is 0.367 e. The lowest BCUT2D eigenvalue weighted by atomic mass is 10.2. The van der Waals surface area contributed by atoms with Crippen LogP contribution in [0.15, 0.2) is 48.5 Å². The standard InChI is InChI=1S/C22H22Cl2N4O2S/c1-15(29)27-10-12-28(13-11-27)20-8-7-18(14-19(20)24)25-22(31)26-21(30)9-4-16-2-5-17(23)6-3-16/h2-9,14H,10-13H2,1H3,(H2,25,26,30,31)/b9-4+. The molecular formula is C22H22Cl2N4O2S. The van der Waals surface area contributed by atoms with Crippen LogP contribution in [0.2, 0.25) is 10.0 Å². The summed E-state index contributed by atoms with van der Waals surface area (Å²) < 4.78 is 0. The second-order valence-electron chi connectivity index (χ2n) is 6.99. The lowest BCUT2D eigenvalue weighted by molar-refractivity contribution is -0.129. The van der Waals surface area contributed by atoms with Crippen LogP contribution in [0.1, 0.15) is 12.5 Å².